The lowest BCUT2D eigenvalue weighted by molar-refractivity contribution is 0.781. The predicted molar refractivity (Wildman–Crippen MR) is 72.5 cm³/mol. The number of anilines is 1. The number of nitrogens with zero attached hydrogens (tertiary/aromatic N) is 2. The lowest BCUT2D eigenvalue weighted by atomic mass is 10.1. The lowest BCUT2D eigenvalue weighted by Gasteiger charge is -2.06. The van der Waals surface area contributed by atoms with E-state index in [4.69, 9.17) is 5.73 Å². The van der Waals surface area contributed by atoms with Crippen LogP contribution in [0.3, 0.4) is 0 Å². The van der Waals surface area contributed by atoms with Gasteiger partial charge in [0.05, 0.1) is 5.69 Å². The minimum Gasteiger partial charge on any atom is -0.384 e. The van der Waals surface area contributed by atoms with Gasteiger partial charge in [0.15, 0.2) is 0 Å². The third-order valence-electron chi connectivity index (χ3n) is 2.37. The molecule has 84 valence electrons. The van der Waals surface area contributed by atoms with Crippen molar-refractivity contribution in [2.45, 2.75) is 4.90 Å². The van der Waals surface area contributed by atoms with Gasteiger partial charge in [0.1, 0.15) is 5.82 Å². The fourth-order valence-electron chi connectivity index (χ4n) is 1.53. The van der Waals surface area contributed by atoms with E-state index in [1.54, 1.807) is 16.4 Å². The highest BCUT2D eigenvalue weighted by molar-refractivity contribution is 9.10. The molecule has 0 unspecified atom stereocenters. The van der Waals surface area contributed by atoms with Crippen molar-refractivity contribution in [1.29, 1.82) is 0 Å². The van der Waals surface area contributed by atoms with Gasteiger partial charge in [-0.1, -0.05) is 22.0 Å². The first-order valence-corrected chi connectivity index (χ1v) is 6.77. The van der Waals surface area contributed by atoms with Crippen LogP contribution >= 0.6 is 27.7 Å². The molecule has 1 heterocycles. The number of thioether (sulfide) groups is 1. The molecule has 0 spiro atoms. The molecule has 0 saturated heterocycles. The van der Waals surface area contributed by atoms with Gasteiger partial charge in [0.25, 0.3) is 0 Å². The average Bonchev–Trinajstić information content (AvgIpc) is 2.58. The second-order valence-electron chi connectivity index (χ2n) is 3.40. The standard InChI is InChI=1S/C11H12BrN3S/c1-15-10(13)6-8(14-15)11-7(12)4-3-5-9(11)16-2/h3-6H,13H2,1-2H3. The number of aromatic nitrogens is 2. The molecule has 3 nitrogen and oxygen atoms in total. The fourth-order valence-corrected chi connectivity index (χ4v) is 2.86. The third-order valence-corrected chi connectivity index (χ3v) is 3.81. The summed E-state index contributed by atoms with van der Waals surface area (Å²) in [6.07, 6.45) is 2.05. The predicted octanol–water partition coefficient (Wildman–Crippen LogP) is 3.15. The monoisotopic (exact) mass is 297 g/mol. The maximum absolute atomic E-state index is 5.80. The molecule has 0 aliphatic rings. The van der Waals surface area contributed by atoms with E-state index in [9.17, 15) is 0 Å². The van der Waals surface area contributed by atoms with Crippen LogP contribution in [-0.4, -0.2) is 16.0 Å². The molecule has 1 aromatic carbocycles. The Labute approximate surface area is 107 Å². The maximum atomic E-state index is 5.80. The Hall–Kier alpha value is -0.940. The Kier molecular flexibility index (Phi) is 3.25. The quantitative estimate of drug-likeness (QED) is 0.866. The molecular formula is C11H12BrN3S. The Morgan fingerprint density at radius 2 is 2.19 bits per heavy atom. The van der Waals surface area contributed by atoms with E-state index in [1.807, 2.05) is 25.2 Å². The van der Waals surface area contributed by atoms with Gasteiger partial charge in [-0.15, -0.1) is 11.8 Å². The fraction of sp³-hybridized carbons (Fsp3) is 0.182. The highest BCUT2D eigenvalue weighted by Gasteiger charge is 2.12. The zero-order valence-electron chi connectivity index (χ0n) is 9.07. The van der Waals surface area contributed by atoms with E-state index < -0.39 is 0 Å². The van der Waals surface area contributed by atoms with Gasteiger partial charge >= 0.3 is 0 Å². The summed E-state index contributed by atoms with van der Waals surface area (Å²) in [5, 5.41) is 4.40. The van der Waals surface area contributed by atoms with Crippen molar-refractivity contribution in [1.82, 2.24) is 9.78 Å². The van der Waals surface area contributed by atoms with Crippen LogP contribution in [0.5, 0.6) is 0 Å². The molecule has 5 heteroatoms. The Morgan fingerprint density at radius 3 is 2.75 bits per heavy atom. The van der Waals surface area contributed by atoms with Crippen LogP contribution in [0.15, 0.2) is 33.6 Å². The van der Waals surface area contributed by atoms with E-state index in [0.717, 1.165) is 15.7 Å². The van der Waals surface area contributed by atoms with Crippen molar-refractivity contribution < 1.29 is 0 Å². The van der Waals surface area contributed by atoms with E-state index >= 15 is 0 Å². The van der Waals surface area contributed by atoms with Crippen LogP contribution in [0, 0.1) is 0 Å². The van der Waals surface area contributed by atoms with Crippen molar-refractivity contribution >= 4 is 33.5 Å². The Morgan fingerprint density at radius 1 is 1.44 bits per heavy atom. The minimum absolute atomic E-state index is 0.665. The zero-order valence-corrected chi connectivity index (χ0v) is 11.5. The normalized spacial score (nSPS) is 10.7. The molecule has 2 rings (SSSR count). The Balaban J connectivity index is 2.62. The first kappa shape index (κ1) is 11.5. The second-order valence-corrected chi connectivity index (χ2v) is 5.10. The summed E-state index contributed by atoms with van der Waals surface area (Å²) >= 11 is 5.25. The van der Waals surface area contributed by atoms with Crippen molar-refractivity contribution in [3.8, 4) is 11.3 Å². The van der Waals surface area contributed by atoms with Crippen LogP contribution in [0.2, 0.25) is 0 Å². The lowest BCUT2D eigenvalue weighted by Crippen LogP contribution is -1.96. The highest BCUT2D eigenvalue weighted by atomic mass is 79.9. The summed E-state index contributed by atoms with van der Waals surface area (Å²) in [6.45, 7) is 0. The minimum atomic E-state index is 0.665. The average molecular weight is 298 g/mol. The molecule has 0 amide bonds. The number of nitrogens with two attached hydrogens (primary N) is 1. The van der Waals surface area contributed by atoms with Crippen molar-refractivity contribution in [3.63, 3.8) is 0 Å². The third kappa shape index (κ3) is 1.97. The first-order valence-electron chi connectivity index (χ1n) is 4.76. The van der Waals surface area contributed by atoms with E-state index in [2.05, 4.69) is 33.4 Å². The van der Waals surface area contributed by atoms with Gasteiger partial charge in [-0.2, -0.15) is 5.10 Å². The molecule has 0 fully saturated rings. The number of nitrogen functional groups attached to an aromatic ring is 1. The molecule has 0 aliphatic heterocycles. The SMILES string of the molecule is CSc1cccc(Br)c1-c1cc(N)n(C)n1. The Bertz CT molecular complexity index is 502. The summed E-state index contributed by atoms with van der Waals surface area (Å²) in [7, 11) is 1.84. The van der Waals surface area contributed by atoms with Gasteiger partial charge in [0, 0.05) is 28.0 Å². The van der Waals surface area contributed by atoms with Crippen molar-refractivity contribution in [2.24, 2.45) is 7.05 Å². The molecule has 0 atom stereocenters. The smallest absolute Gasteiger partial charge is 0.121 e. The molecule has 2 aromatic rings. The zero-order chi connectivity index (χ0) is 11.7. The van der Waals surface area contributed by atoms with Crippen LogP contribution in [0.1, 0.15) is 0 Å². The molecule has 0 saturated carbocycles. The molecule has 1 aromatic heterocycles. The number of hydrogen-bond acceptors (Lipinski definition) is 3. The maximum Gasteiger partial charge on any atom is 0.121 e. The van der Waals surface area contributed by atoms with Gasteiger partial charge in [-0.05, 0) is 18.4 Å². The van der Waals surface area contributed by atoms with Gasteiger partial charge in [-0.25, -0.2) is 0 Å². The summed E-state index contributed by atoms with van der Waals surface area (Å²) in [5.41, 5.74) is 7.80. The molecular weight excluding hydrogens is 286 g/mol. The van der Waals surface area contributed by atoms with Gasteiger partial charge < -0.3 is 5.73 Å². The largest absolute Gasteiger partial charge is 0.384 e. The summed E-state index contributed by atoms with van der Waals surface area (Å²) in [4.78, 5) is 1.19. The number of hydrogen-bond donors (Lipinski definition) is 1. The van der Waals surface area contributed by atoms with E-state index in [1.165, 1.54) is 4.90 Å². The van der Waals surface area contributed by atoms with Crippen molar-refractivity contribution in [3.05, 3.63) is 28.7 Å². The topological polar surface area (TPSA) is 43.8 Å². The molecule has 16 heavy (non-hydrogen) atoms. The first-order chi connectivity index (χ1) is 7.63. The van der Waals surface area contributed by atoms with Gasteiger partial charge in [0.2, 0.25) is 0 Å². The van der Waals surface area contributed by atoms with Crippen LogP contribution in [0.4, 0.5) is 5.82 Å². The molecule has 0 aliphatic carbocycles. The van der Waals surface area contributed by atoms with Gasteiger partial charge in [-0.3, -0.25) is 4.68 Å². The number of benzene rings is 1. The highest BCUT2D eigenvalue weighted by Crippen LogP contribution is 2.36. The molecule has 2 N–H and O–H groups in total. The molecule has 0 radical (unpaired) electrons. The van der Waals surface area contributed by atoms with Crippen LogP contribution in [0.25, 0.3) is 11.3 Å². The number of halogens is 1. The number of aryl methyl sites for hydroxylation is 1. The summed E-state index contributed by atoms with van der Waals surface area (Å²) in [6, 6.07) is 8.00. The molecule has 0 bridgehead atoms. The summed E-state index contributed by atoms with van der Waals surface area (Å²) < 4.78 is 2.72. The van der Waals surface area contributed by atoms with Crippen molar-refractivity contribution in [2.75, 3.05) is 12.0 Å². The second kappa shape index (κ2) is 4.51. The number of rotatable bonds is 2. The van der Waals surface area contributed by atoms with E-state index in [0.29, 0.717) is 5.82 Å². The van der Waals surface area contributed by atoms with Crippen LogP contribution in [-0.2, 0) is 7.05 Å². The van der Waals surface area contributed by atoms with E-state index in [-0.39, 0.29) is 0 Å². The van der Waals surface area contributed by atoms with Crippen LogP contribution < -0.4 is 5.73 Å². The summed E-state index contributed by atoms with van der Waals surface area (Å²) in [5.74, 6) is 0.665.